The van der Waals surface area contributed by atoms with Crippen LogP contribution in [0.5, 0.6) is 0 Å². The third kappa shape index (κ3) is 3.84. The lowest BCUT2D eigenvalue weighted by Gasteiger charge is -2.45. The summed E-state index contributed by atoms with van der Waals surface area (Å²) in [5.74, 6) is 2.24. The Labute approximate surface area is 157 Å². The fraction of sp³-hybridized carbons (Fsp3) is 0.818. The molecular weight excluding hydrogens is 324 g/mol. The van der Waals surface area contributed by atoms with Crippen molar-refractivity contribution in [2.24, 2.45) is 11.3 Å². The van der Waals surface area contributed by atoms with Crippen molar-refractivity contribution < 1.29 is 9.32 Å². The Kier molecular flexibility index (Phi) is 4.87. The highest BCUT2D eigenvalue weighted by Crippen LogP contribution is 2.42. The van der Waals surface area contributed by atoms with Gasteiger partial charge in [-0.1, -0.05) is 38.8 Å². The van der Waals surface area contributed by atoms with Crippen LogP contribution in [0, 0.1) is 11.3 Å². The quantitative estimate of drug-likeness (QED) is 0.709. The minimum atomic E-state index is 0.115. The van der Waals surface area contributed by atoms with E-state index >= 15 is 0 Å². The molecule has 2 unspecified atom stereocenters. The lowest BCUT2D eigenvalue weighted by Crippen LogP contribution is -2.50. The van der Waals surface area contributed by atoms with Gasteiger partial charge in [0.2, 0.25) is 0 Å². The lowest BCUT2D eigenvalue weighted by molar-refractivity contribution is 0.0312. The molecule has 0 radical (unpaired) electrons. The van der Waals surface area contributed by atoms with Gasteiger partial charge in [0.25, 0.3) is 5.91 Å². The van der Waals surface area contributed by atoms with Crippen molar-refractivity contribution in [3.63, 3.8) is 0 Å². The van der Waals surface area contributed by atoms with Crippen LogP contribution < -0.4 is 0 Å². The van der Waals surface area contributed by atoms with Crippen molar-refractivity contribution in [3.05, 3.63) is 17.5 Å². The number of hydrogen-bond acceptors (Lipinski definition) is 3. The topological polar surface area (TPSA) is 46.3 Å². The van der Waals surface area contributed by atoms with Gasteiger partial charge in [0.05, 0.1) is 0 Å². The van der Waals surface area contributed by atoms with Crippen LogP contribution in [0.3, 0.4) is 0 Å². The molecule has 3 fully saturated rings. The molecule has 1 amide bonds. The normalized spacial score (nSPS) is 29.5. The third-order valence-corrected chi connectivity index (χ3v) is 6.97. The average Bonchev–Trinajstić information content (AvgIpc) is 3.33. The largest absolute Gasteiger partial charge is 0.360 e. The molecule has 4 rings (SSSR count). The van der Waals surface area contributed by atoms with E-state index in [0.29, 0.717) is 35.0 Å². The van der Waals surface area contributed by atoms with Crippen molar-refractivity contribution in [1.29, 1.82) is 0 Å². The summed E-state index contributed by atoms with van der Waals surface area (Å²) in [5.41, 5.74) is 0.952. The van der Waals surface area contributed by atoms with E-state index in [1.807, 2.05) is 6.07 Å². The number of aromatic nitrogens is 1. The van der Waals surface area contributed by atoms with Crippen molar-refractivity contribution in [2.75, 3.05) is 0 Å². The minimum Gasteiger partial charge on any atom is -0.360 e. The number of carbonyl (C=O) groups excluding carboxylic acids is 1. The number of rotatable bonds is 4. The van der Waals surface area contributed by atoms with Gasteiger partial charge < -0.3 is 9.42 Å². The second kappa shape index (κ2) is 7.01. The predicted octanol–water partition coefficient (Wildman–Crippen LogP) is 5.54. The molecule has 1 heterocycles. The first-order valence-corrected chi connectivity index (χ1v) is 10.7. The van der Waals surface area contributed by atoms with E-state index in [1.165, 1.54) is 38.5 Å². The van der Waals surface area contributed by atoms with E-state index in [-0.39, 0.29) is 5.91 Å². The van der Waals surface area contributed by atoms with Gasteiger partial charge in [0.1, 0.15) is 5.76 Å². The Morgan fingerprint density at radius 3 is 2.50 bits per heavy atom. The summed E-state index contributed by atoms with van der Waals surface area (Å²) in [6, 6.07) is 2.66. The fourth-order valence-electron chi connectivity index (χ4n) is 5.03. The Bertz CT molecular complexity index is 636. The highest BCUT2D eigenvalue weighted by Gasteiger charge is 2.39. The van der Waals surface area contributed by atoms with Gasteiger partial charge in [-0.3, -0.25) is 4.79 Å². The second-order valence-corrected chi connectivity index (χ2v) is 9.92. The van der Waals surface area contributed by atoms with Crippen LogP contribution in [-0.4, -0.2) is 28.0 Å². The highest BCUT2D eigenvalue weighted by atomic mass is 16.5. The van der Waals surface area contributed by atoms with Crippen LogP contribution >= 0.6 is 0 Å². The minimum absolute atomic E-state index is 0.115. The van der Waals surface area contributed by atoms with E-state index < -0.39 is 0 Å². The SMILES string of the molecule is CC1CCCC(N(C(=O)c2cc(C3CC3)on2)C2CCC(C)(C)CC2)C1. The van der Waals surface area contributed by atoms with Gasteiger partial charge >= 0.3 is 0 Å². The van der Waals surface area contributed by atoms with E-state index in [0.717, 1.165) is 31.4 Å². The van der Waals surface area contributed by atoms with Gasteiger partial charge in [0, 0.05) is 24.1 Å². The number of carbonyl (C=O) groups is 1. The summed E-state index contributed by atoms with van der Waals surface area (Å²) >= 11 is 0. The Morgan fingerprint density at radius 1 is 1.12 bits per heavy atom. The standard InChI is InChI=1S/C22H34N2O2/c1-15-5-4-6-18(13-15)24(17-9-11-22(2,3)12-10-17)21(25)19-14-20(26-23-19)16-7-8-16/h14-18H,4-13H2,1-3H3. The smallest absolute Gasteiger partial charge is 0.276 e. The third-order valence-electron chi connectivity index (χ3n) is 6.97. The summed E-state index contributed by atoms with van der Waals surface area (Å²) < 4.78 is 5.49. The summed E-state index contributed by atoms with van der Waals surface area (Å²) in [6.45, 7) is 7.05. The van der Waals surface area contributed by atoms with Gasteiger partial charge in [0.15, 0.2) is 5.69 Å². The second-order valence-electron chi connectivity index (χ2n) is 9.92. The monoisotopic (exact) mass is 358 g/mol. The number of hydrogen-bond donors (Lipinski definition) is 0. The molecule has 1 aromatic heterocycles. The first-order chi connectivity index (χ1) is 12.4. The molecule has 26 heavy (non-hydrogen) atoms. The molecular formula is C22H34N2O2. The van der Waals surface area contributed by atoms with Crippen LogP contribution in [0.2, 0.25) is 0 Å². The zero-order chi connectivity index (χ0) is 18.3. The van der Waals surface area contributed by atoms with E-state index in [2.05, 4.69) is 30.8 Å². The van der Waals surface area contributed by atoms with Gasteiger partial charge in [-0.25, -0.2) is 0 Å². The van der Waals surface area contributed by atoms with E-state index in [9.17, 15) is 4.79 Å². The highest BCUT2D eigenvalue weighted by molar-refractivity contribution is 5.92. The predicted molar refractivity (Wildman–Crippen MR) is 102 cm³/mol. The molecule has 3 aliphatic rings. The van der Waals surface area contributed by atoms with Crippen molar-refractivity contribution in [3.8, 4) is 0 Å². The molecule has 0 saturated heterocycles. The summed E-state index contributed by atoms with van der Waals surface area (Å²) in [5, 5.41) is 4.17. The number of nitrogens with zero attached hydrogens (tertiary/aromatic N) is 2. The molecule has 144 valence electrons. The molecule has 1 aromatic rings. The molecule has 2 atom stereocenters. The van der Waals surface area contributed by atoms with Crippen molar-refractivity contribution in [1.82, 2.24) is 10.1 Å². The molecule has 0 spiro atoms. The fourth-order valence-corrected chi connectivity index (χ4v) is 5.03. The van der Waals surface area contributed by atoms with Crippen LogP contribution in [0.1, 0.15) is 107 Å². The Morgan fingerprint density at radius 2 is 1.85 bits per heavy atom. The molecule has 0 N–H and O–H groups in total. The van der Waals surface area contributed by atoms with Crippen LogP contribution in [0.15, 0.2) is 10.6 Å². The molecule has 4 nitrogen and oxygen atoms in total. The molecule has 0 aliphatic heterocycles. The summed E-state index contributed by atoms with van der Waals surface area (Å²) in [6.07, 6.45) is 11.8. The van der Waals surface area contributed by atoms with Gasteiger partial charge in [-0.2, -0.15) is 0 Å². The van der Waals surface area contributed by atoms with Crippen LogP contribution in [0.4, 0.5) is 0 Å². The van der Waals surface area contributed by atoms with Crippen molar-refractivity contribution in [2.45, 2.75) is 103 Å². The van der Waals surface area contributed by atoms with Crippen molar-refractivity contribution >= 4 is 5.91 Å². The maximum Gasteiger partial charge on any atom is 0.276 e. The van der Waals surface area contributed by atoms with E-state index in [1.54, 1.807) is 0 Å². The molecule has 0 aromatic carbocycles. The molecule has 0 bridgehead atoms. The summed E-state index contributed by atoms with van der Waals surface area (Å²) in [7, 11) is 0. The maximum atomic E-state index is 13.5. The number of amides is 1. The van der Waals surface area contributed by atoms with Gasteiger partial charge in [-0.15, -0.1) is 0 Å². The molecule has 3 saturated carbocycles. The van der Waals surface area contributed by atoms with Crippen LogP contribution in [0.25, 0.3) is 0 Å². The van der Waals surface area contributed by atoms with E-state index in [4.69, 9.17) is 4.52 Å². The maximum absolute atomic E-state index is 13.5. The lowest BCUT2D eigenvalue weighted by atomic mass is 9.74. The van der Waals surface area contributed by atoms with Gasteiger partial charge in [-0.05, 0) is 62.7 Å². The Balaban J connectivity index is 1.55. The zero-order valence-corrected chi connectivity index (χ0v) is 16.7. The average molecular weight is 359 g/mol. The zero-order valence-electron chi connectivity index (χ0n) is 16.7. The first kappa shape index (κ1) is 18.1. The molecule has 4 heteroatoms. The molecule has 3 aliphatic carbocycles. The summed E-state index contributed by atoms with van der Waals surface area (Å²) in [4.78, 5) is 15.7. The Hall–Kier alpha value is -1.32. The van der Waals surface area contributed by atoms with Crippen LogP contribution in [-0.2, 0) is 0 Å². The first-order valence-electron chi connectivity index (χ1n) is 10.7.